The number of benzene rings is 2. The van der Waals surface area contributed by atoms with E-state index in [0.717, 1.165) is 0 Å². The molecule has 0 radical (unpaired) electrons. The van der Waals surface area contributed by atoms with Gasteiger partial charge in [-0.25, -0.2) is 9.97 Å². The Kier molecular flexibility index (Phi) is 5.04. The Balaban J connectivity index is 1.93. The fourth-order valence-electron chi connectivity index (χ4n) is 3.18. The molecule has 4 rings (SSSR count). The summed E-state index contributed by atoms with van der Waals surface area (Å²) in [6.45, 7) is 1.82. The number of nitrogens with one attached hydrogen (secondary N) is 1. The van der Waals surface area contributed by atoms with Gasteiger partial charge in [-0.1, -0.05) is 35.9 Å². The first-order valence-corrected chi connectivity index (χ1v) is 9.43. The van der Waals surface area contributed by atoms with Gasteiger partial charge in [0.2, 0.25) is 5.95 Å². The third-order valence-corrected chi connectivity index (χ3v) is 4.87. The van der Waals surface area contributed by atoms with Crippen molar-refractivity contribution in [3.8, 4) is 11.8 Å². The second-order valence-corrected chi connectivity index (χ2v) is 6.96. The van der Waals surface area contributed by atoms with Crippen molar-refractivity contribution in [3.63, 3.8) is 0 Å². The third kappa shape index (κ3) is 3.43. The summed E-state index contributed by atoms with van der Waals surface area (Å²) in [7, 11) is 0. The van der Waals surface area contributed by atoms with Crippen LogP contribution in [0.2, 0.25) is 5.02 Å². The fraction of sp³-hybridized carbons (Fsp3) is 0.0952. The van der Waals surface area contributed by atoms with E-state index >= 15 is 0 Å². The number of hydrogen-bond acceptors (Lipinski definition) is 7. The average Bonchev–Trinajstić information content (AvgIpc) is 2.74. The largest absolute Gasteiger partial charge is 0.368 e. The molecule has 1 unspecified atom stereocenters. The number of nitriles is 1. The van der Waals surface area contributed by atoms with E-state index in [0.29, 0.717) is 27.4 Å². The number of nitrogens with two attached hydrogens (primary N) is 1. The topological polar surface area (TPSA) is 123 Å². The Bertz CT molecular complexity index is 1350. The molecule has 2 heterocycles. The molecule has 0 saturated carbocycles. The minimum atomic E-state index is -0.498. The van der Waals surface area contributed by atoms with Crippen molar-refractivity contribution in [2.75, 3.05) is 11.1 Å². The molecule has 0 spiro atoms. The minimum Gasteiger partial charge on any atom is -0.368 e. The zero-order valence-corrected chi connectivity index (χ0v) is 16.6. The normalized spacial score (nSPS) is 11.8. The maximum absolute atomic E-state index is 13.4. The van der Waals surface area contributed by atoms with Gasteiger partial charge in [-0.05, 0) is 31.2 Å². The van der Waals surface area contributed by atoms with Gasteiger partial charge in [0, 0.05) is 0 Å². The number of para-hydroxylation sites is 1. The van der Waals surface area contributed by atoms with Crippen LogP contribution < -0.4 is 16.6 Å². The molecule has 8 nitrogen and oxygen atoms in total. The number of hydrogen-bond donors (Lipinski definition) is 2. The molecule has 0 aliphatic heterocycles. The van der Waals surface area contributed by atoms with Crippen LogP contribution in [0.5, 0.6) is 0 Å². The van der Waals surface area contributed by atoms with Gasteiger partial charge in [0.05, 0.1) is 33.9 Å². The van der Waals surface area contributed by atoms with E-state index in [1.807, 2.05) is 43.3 Å². The number of nitrogen functional groups attached to an aromatic ring is 1. The molecule has 0 fully saturated rings. The lowest BCUT2D eigenvalue weighted by Gasteiger charge is -2.20. The molecule has 3 N–H and O–H groups in total. The molecular formula is C21H16ClN7O. The molecule has 0 bridgehead atoms. The molecule has 148 valence electrons. The maximum atomic E-state index is 13.4. The minimum absolute atomic E-state index is 0.0300. The van der Waals surface area contributed by atoms with E-state index in [1.54, 1.807) is 18.2 Å². The number of aromatic nitrogens is 4. The first-order chi connectivity index (χ1) is 14.5. The Hall–Kier alpha value is -3.96. The van der Waals surface area contributed by atoms with Gasteiger partial charge in [0.1, 0.15) is 23.3 Å². The summed E-state index contributed by atoms with van der Waals surface area (Å²) >= 11 is 6.30. The summed E-state index contributed by atoms with van der Waals surface area (Å²) in [5.41, 5.74) is 6.74. The molecule has 2 aromatic carbocycles. The van der Waals surface area contributed by atoms with Gasteiger partial charge in [0.25, 0.3) is 5.56 Å². The van der Waals surface area contributed by atoms with Gasteiger partial charge in [-0.15, -0.1) is 0 Å². The number of rotatable bonds is 4. The summed E-state index contributed by atoms with van der Waals surface area (Å²) in [5.74, 6) is 0.724. The number of anilines is 2. The molecule has 2 aromatic heterocycles. The van der Waals surface area contributed by atoms with E-state index in [2.05, 4.69) is 15.3 Å². The van der Waals surface area contributed by atoms with Crippen molar-refractivity contribution in [1.82, 2.24) is 19.5 Å². The molecule has 30 heavy (non-hydrogen) atoms. The molecule has 0 aliphatic carbocycles. The highest BCUT2D eigenvalue weighted by Crippen LogP contribution is 2.25. The highest BCUT2D eigenvalue weighted by molar-refractivity contribution is 6.35. The first-order valence-electron chi connectivity index (χ1n) is 9.05. The van der Waals surface area contributed by atoms with Gasteiger partial charge < -0.3 is 11.1 Å². The van der Waals surface area contributed by atoms with Crippen LogP contribution in [0, 0.1) is 11.3 Å². The Morgan fingerprint density at radius 2 is 1.93 bits per heavy atom. The van der Waals surface area contributed by atoms with E-state index in [-0.39, 0.29) is 22.9 Å². The Morgan fingerprint density at radius 1 is 1.17 bits per heavy atom. The monoisotopic (exact) mass is 417 g/mol. The van der Waals surface area contributed by atoms with Gasteiger partial charge in [0.15, 0.2) is 0 Å². The second kappa shape index (κ2) is 7.81. The highest BCUT2D eigenvalue weighted by atomic mass is 35.5. The molecule has 9 heteroatoms. The van der Waals surface area contributed by atoms with Crippen LogP contribution in [0.25, 0.3) is 16.6 Å². The number of halogens is 1. The summed E-state index contributed by atoms with van der Waals surface area (Å²) in [5, 5.41) is 13.1. The summed E-state index contributed by atoms with van der Waals surface area (Å²) < 4.78 is 1.50. The van der Waals surface area contributed by atoms with Gasteiger partial charge in [-0.2, -0.15) is 10.2 Å². The van der Waals surface area contributed by atoms with Crippen LogP contribution in [0.15, 0.2) is 59.5 Å². The van der Waals surface area contributed by atoms with Gasteiger partial charge in [-0.3, -0.25) is 9.36 Å². The molecule has 0 aliphatic rings. The van der Waals surface area contributed by atoms with Crippen molar-refractivity contribution in [2.45, 2.75) is 13.0 Å². The molecular weight excluding hydrogens is 402 g/mol. The summed E-state index contributed by atoms with van der Waals surface area (Å²) in [6, 6.07) is 15.8. The van der Waals surface area contributed by atoms with E-state index in [4.69, 9.17) is 22.3 Å². The SMILES string of the molecule is CC(Nc1nc(N)ncc1C#N)c1nc2cccc(Cl)c2c(=O)n1-c1ccccc1. The molecule has 4 aromatic rings. The second-order valence-electron chi connectivity index (χ2n) is 6.55. The predicted molar refractivity (Wildman–Crippen MR) is 116 cm³/mol. The standard InChI is InChI=1S/C21H16ClN7O/c1-12(26-18-13(10-23)11-25-21(24)28-18)19-27-16-9-5-8-15(22)17(16)20(30)29(19)14-6-3-2-4-7-14/h2-9,11-12H,1H3,(H3,24,25,26,28). The molecule has 0 saturated heterocycles. The third-order valence-electron chi connectivity index (χ3n) is 4.56. The first kappa shape index (κ1) is 19.4. The quantitative estimate of drug-likeness (QED) is 0.521. The summed E-state index contributed by atoms with van der Waals surface area (Å²) in [6.07, 6.45) is 1.34. The van der Waals surface area contributed by atoms with Crippen molar-refractivity contribution < 1.29 is 0 Å². The van der Waals surface area contributed by atoms with Crippen molar-refractivity contribution >= 4 is 34.3 Å². The number of fused-ring (bicyclic) bond motifs is 1. The smallest absolute Gasteiger partial charge is 0.267 e. The fourth-order valence-corrected chi connectivity index (χ4v) is 3.43. The van der Waals surface area contributed by atoms with Crippen LogP contribution in [0.1, 0.15) is 24.4 Å². The lowest BCUT2D eigenvalue weighted by molar-refractivity contribution is 0.730. The average molecular weight is 418 g/mol. The van der Waals surface area contributed by atoms with E-state index in [1.165, 1.54) is 10.8 Å². The Morgan fingerprint density at radius 3 is 2.67 bits per heavy atom. The van der Waals surface area contributed by atoms with Crippen LogP contribution in [-0.4, -0.2) is 19.5 Å². The predicted octanol–water partition coefficient (Wildman–Crippen LogP) is 3.46. The maximum Gasteiger partial charge on any atom is 0.267 e. The van der Waals surface area contributed by atoms with E-state index in [9.17, 15) is 10.1 Å². The van der Waals surface area contributed by atoms with Gasteiger partial charge >= 0.3 is 0 Å². The lowest BCUT2D eigenvalue weighted by Crippen LogP contribution is -2.27. The zero-order valence-electron chi connectivity index (χ0n) is 15.9. The van der Waals surface area contributed by atoms with Crippen LogP contribution >= 0.6 is 11.6 Å². The Labute approximate surface area is 176 Å². The lowest BCUT2D eigenvalue weighted by atomic mass is 10.2. The van der Waals surface area contributed by atoms with Crippen LogP contribution in [0.3, 0.4) is 0 Å². The number of nitrogens with zero attached hydrogens (tertiary/aromatic N) is 5. The highest BCUT2D eigenvalue weighted by Gasteiger charge is 2.20. The van der Waals surface area contributed by atoms with Crippen molar-refractivity contribution in [1.29, 1.82) is 5.26 Å². The van der Waals surface area contributed by atoms with E-state index < -0.39 is 6.04 Å². The van der Waals surface area contributed by atoms with Crippen molar-refractivity contribution in [3.05, 3.63) is 81.5 Å². The summed E-state index contributed by atoms with van der Waals surface area (Å²) in [4.78, 5) is 26.1. The van der Waals surface area contributed by atoms with Crippen LogP contribution in [-0.2, 0) is 0 Å². The zero-order chi connectivity index (χ0) is 21.3. The van der Waals surface area contributed by atoms with Crippen LogP contribution in [0.4, 0.5) is 11.8 Å². The van der Waals surface area contributed by atoms with Crippen molar-refractivity contribution in [2.24, 2.45) is 0 Å². The molecule has 0 amide bonds. The molecule has 1 atom stereocenters.